The molecule has 1 fully saturated rings. The van der Waals surface area contributed by atoms with E-state index in [1.807, 2.05) is 26.0 Å². The molecule has 2 rings (SSSR count). The molecule has 2 N–H and O–H groups in total. The van der Waals surface area contributed by atoms with Crippen LogP contribution in [0.2, 0.25) is 0 Å². The molecule has 1 aromatic rings. The van der Waals surface area contributed by atoms with Gasteiger partial charge in [-0.2, -0.15) is 0 Å². The molecule has 0 aromatic heterocycles. The van der Waals surface area contributed by atoms with Crippen LogP contribution < -0.4 is 0 Å². The first-order chi connectivity index (χ1) is 8.49. The van der Waals surface area contributed by atoms with Crippen molar-refractivity contribution in [2.45, 2.75) is 20.4 Å². The van der Waals surface area contributed by atoms with Crippen LogP contribution in [-0.4, -0.2) is 34.2 Å². The van der Waals surface area contributed by atoms with Gasteiger partial charge in [-0.3, -0.25) is 9.69 Å². The third-order valence-electron chi connectivity index (χ3n) is 3.77. The van der Waals surface area contributed by atoms with Gasteiger partial charge in [0.05, 0.1) is 5.92 Å². The molecule has 1 aromatic carbocycles. The van der Waals surface area contributed by atoms with E-state index in [0.29, 0.717) is 18.8 Å². The van der Waals surface area contributed by atoms with Gasteiger partial charge >= 0.3 is 5.97 Å². The molecule has 1 aliphatic rings. The summed E-state index contributed by atoms with van der Waals surface area (Å²) >= 11 is 0. The fourth-order valence-electron chi connectivity index (χ4n) is 2.63. The lowest BCUT2D eigenvalue weighted by Crippen LogP contribution is -2.23. The van der Waals surface area contributed by atoms with Gasteiger partial charge in [0, 0.05) is 25.2 Å². The second-order valence-corrected chi connectivity index (χ2v) is 5.19. The average Bonchev–Trinajstić information content (AvgIpc) is 2.65. The van der Waals surface area contributed by atoms with E-state index in [-0.39, 0.29) is 11.8 Å². The van der Waals surface area contributed by atoms with E-state index in [1.165, 1.54) is 0 Å². The summed E-state index contributed by atoms with van der Waals surface area (Å²) in [5.74, 6) is -0.565. The van der Waals surface area contributed by atoms with Crippen LogP contribution in [0, 0.1) is 18.8 Å². The van der Waals surface area contributed by atoms with Crippen LogP contribution in [0.1, 0.15) is 18.1 Å². The van der Waals surface area contributed by atoms with Gasteiger partial charge in [0.1, 0.15) is 5.75 Å². The summed E-state index contributed by atoms with van der Waals surface area (Å²) in [6.45, 7) is 5.88. The van der Waals surface area contributed by atoms with Crippen LogP contribution in [0.15, 0.2) is 18.2 Å². The number of nitrogens with zero attached hydrogens (tertiary/aromatic N) is 1. The number of rotatable bonds is 3. The summed E-state index contributed by atoms with van der Waals surface area (Å²) in [4.78, 5) is 13.2. The van der Waals surface area contributed by atoms with Gasteiger partial charge in [0.2, 0.25) is 0 Å². The summed E-state index contributed by atoms with van der Waals surface area (Å²) < 4.78 is 0. The highest BCUT2D eigenvalue weighted by Crippen LogP contribution is 2.28. The Morgan fingerprint density at radius 1 is 1.44 bits per heavy atom. The second kappa shape index (κ2) is 4.98. The molecule has 98 valence electrons. The zero-order chi connectivity index (χ0) is 13.3. The summed E-state index contributed by atoms with van der Waals surface area (Å²) in [6.07, 6.45) is 0. The minimum absolute atomic E-state index is 0.161. The van der Waals surface area contributed by atoms with Crippen molar-refractivity contribution in [3.05, 3.63) is 29.3 Å². The SMILES string of the molecule is Cc1cccc(O)c1CN1C[C@@H](C)[C@H](C(=O)O)C1. The smallest absolute Gasteiger partial charge is 0.308 e. The van der Waals surface area contributed by atoms with Crippen LogP contribution in [0.4, 0.5) is 0 Å². The van der Waals surface area contributed by atoms with Gasteiger partial charge in [-0.05, 0) is 24.5 Å². The number of aromatic hydroxyl groups is 1. The number of benzene rings is 1. The molecule has 0 spiro atoms. The minimum Gasteiger partial charge on any atom is -0.508 e. The zero-order valence-electron chi connectivity index (χ0n) is 10.8. The molecule has 1 heterocycles. The van der Waals surface area contributed by atoms with Gasteiger partial charge in [-0.15, -0.1) is 0 Å². The van der Waals surface area contributed by atoms with Crippen molar-refractivity contribution in [1.82, 2.24) is 4.90 Å². The molecule has 0 radical (unpaired) electrons. The highest BCUT2D eigenvalue weighted by Gasteiger charge is 2.34. The number of phenolic OH excluding ortho intramolecular Hbond substituents is 1. The van der Waals surface area contributed by atoms with Crippen molar-refractivity contribution in [2.75, 3.05) is 13.1 Å². The summed E-state index contributed by atoms with van der Waals surface area (Å²) in [5.41, 5.74) is 1.94. The monoisotopic (exact) mass is 249 g/mol. The maximum absolute atomic E-state index is 11.1. The third-order valence-corrected chi connectivity index (χ3v) is 3.77. The fourth-order valence-corrected chi connectivity index (χ4v) is 2.63. The number of carbonyl (C=O) groups is 1. The Morgan fingerprint density at radius 2 is 2.17 bits per heavy atom. The van der Waals surface area contributed by atoms with Gasteiger partial charge < -0.3 is 10.2 Å². The molecule has 0 unspecified atom stereocenters. The molecular formula is C14H19NO3. The van der Waals surface area contributed by atoms with E-state index in [9.17, 15) is 9.90 Å². The van der Waals surface area contributed by atoms with E-state index in [2.05, 4.69) is 4.90 Å². The number of phenols is 1. The van der Waals surface area contributed by atoms with E-state index >= 15 is 0 Å². The lowest BCUT2D eigenvalue weighted by atomic mass is 9.99. The highest BCUT2D eigenvalue weighted by molar-refractivity contribution is 5.71. The van der Waals surface area contributed by atoms with Crippen molar-refractivity contribution in [3.63, 3.8) is 0 Å². The molecule has 4 nitrogen and oxygen atoms in total. The maximum Gasteiger partial charge on any atom is 0.308 e. The molecule has 4 heteroatoms. The van der Waals surface area contributed by atoms with Gasteiger partial charge in [-0.25, -0.2) is 0 Å². The van der Waals surface area contributed by atoms with Crippen LogP contribution in [0.3, 0.4) is 0 Å². The van der Waals surface area contributed by atoms with Crippen LogP contribution in [0.5, 0.6) is 5.75 Å². The number of likely N-dealkylation sites (tertiary alicyclic amines) is 1. The maximum atomic E-state index is 11.1. The lowest BCUT2D eigenvalue weighted by molar-refractivity contribution is -0.142. The molecule has 0 amide bonds. The number of hydrogen-bond acceptors (Lipinski definition) is 3. The number of carboxylic acids is 1. The number of aliphatic carboxylic acids is 1. The standard InChI is InChI=1S/C14H19NO3/c1-9-4-3-5-13(16)11(9)7-15-6-10(2)12(8-15)14(17)18/h3-5,10,12,16H,6-8H2,1-2H3,(H,17,18)/t10-,12-/m1/s1. The highest BCUT2D eigenvalue weighted by atomic mass is 16.4. The quantitative estimate of drug-likeness (QED) is 0.858. The van der Waals surface area contributed by atoms with Crippen molar-refractivity contribution in [2.24, 2.45) is 11.8 Å². The molecular weight excluding hydrogens is 230 g/mol. The molecule has 1 saturated heterocycles. The Labute approximate surface area is 107 Å². The lowest BCUT2D eigenvalue weighted by Gasteiger charge is -2.17. The number of aryl methyl sites for hydroxylation is 1. The number of carboxylic acid groups (broad SMARTS) is 1. The first kappa shape index (κ1) is 12.9. The van der Waals surface area contributed by atoms with E-state index in [0.717, 1.165) is 17.7 Å². The Hall–Kier alpha value is -1.55. The van der Waals surface area contributed by atoms with Crippen LogP contribution >= 0.6 is 0 Å². The minimum atomic E-state index is -0.723. The summed E-state index contributed by atoms with van der Waals surface area (Å²) in [6, 6.07) is 5.46. The van der Waals surface area contributed by atoms with E-state index < -0.39 is 5.97 Å². The van der Waals surface area contributed by atoms with Crippen molar-refractivity contribution >= 4 is 5.97 Å². The Balaban J connectivity index is 2.10. The molecule has 1 aliphatic heterocycles. The average molecular weight is 249 g/mol. The largest absolute Gasteiger partial charge is 0.508 e. The van der Waals surface area contributed by atoms with Gasteiger partial charge in [0.15, 0.2) is 0 Å². The predicted octanol–water partition coefficient (Wildman–Crippen LogP) is 1.85. The van der Waals surface area contributed by atoms with E-state index in [4.69, 9.17) is 5.11 Å². The van der Waals surface area contributed by atoms with Crippen molar-refractivity contribution in [1.29, 1.82) is 0 Å². The van der Waals surface area contributed by atoms with Crippen LogP contribution in [0.25, 0.3) is 0 Å². The molecule has 0 saturated carbocycles. The molecule has 0 aliphatic carbocycles. The Kier molecular flexibility index (Phi) is 3.57. The van der Waals surface area contributed by atoms with E-state index in [1.54, 1.807) is 6.07 Å². The Morgan fingerprint density at radius 3 is 2.72 bits per heavy atom. The topological polar surface area (TPSA) is 60.8 Å². The van der Waals surface area contributed by atoms with Gasteiger partial charge in [0.25, 0.3) is 0 Å². The van der Waals surface area contributed by atoms with Crippen molar-refractivity contribution < 1.29 is 15.0 Å². The first-order valence-electron chi connectivity index (χ1n) is 6.21. The summed E-state index contributed by atoms with van der Waals surface area (Å²) in [7, 11) is 0. The second-order valence-electron chi connectivity index (χ2n) is 5.19. The predicted molar refractivity (Wildman–Crippen MR) is 68.4 cm³/mol. The summed E-state index contributed by atoms with van der Waals surface area (Å²) in [5, 5.41) is 19.0. The van der Waals surface area contributed by atoms with Crippen LogP contribution in [-0.2, 0) is 11.3 Å². The Bertz CT molecular complexity index is 438. The molecule has 18 heavy (non-hydrogen) atoms. The third kappa shape index (κ3) is 2.48. The first-order valence-corrected chi connectivity index (χ1v) is 6.21. The molecule has 0 bridgehead atoms. The zero-order valence-corrected chi connectivity index (χ0v) is 10.8. The normalized spacial score (nSPS) is 24.3. The van der Waals surface area contributed by atoms with Crippen molar-refractivity contribution in [3.8, 4) is 5.75 Å². The number of hydrogen-bond donors (Lipinski definition) is 2. The molecule has 2 atom stereocenters. The van der Waals surface area contributed by atoms with Gasteiger partial charge in [-0.1, -0.05) is 19.1 Å². The fraction of sp³-hybridized carbons (Fsp3) is 0.500.